The van der Waals surface area contributed by atoms with Gasteiger partial charge in [-0.1, -0.05) is 6.07 Å². The van der Waals surface area contributed by atoms with E-state index in [1.807, 2.05) is 31.2 Å². The topological polar surface area (TPSA) is 82.3 Å². The Morgan fingerprint density at radius 1 is 1.15 bits per heavy atom. The molecule has 0 saturated heterocycles. The van der Waals surface area contributed by atoms with Crippen LogP contribution in [0, 0.1) is 6.92 Å². The molecular formula is C14H18N4O2. The van der Waals surface area contributed by atoms with Crippen molar-refractivity contribution in [2.24, 2.45) is 5.84 Å². The Labute approximate surface area is 117 Å². The number of benzene rings is 1. The Morgan fingerprint density at radius 2 is 1.90 bits per heavy atom. The van der Waals surface area contributed by atoms with Crippen LogP contribution >= 0.6 is 0 Å². The molecule has 6 nitrogen and oxygen atoms in total. The first-order valence-electron chi connectivity index (χ1n) is 6.17. The van der Waals surface area contributed by atoms with E-state index in [-0.39, 0.29) is 6.04 Å². The SMILES string of the molecule is COc1ccc(C(NN)c2ccnc(C)n2)cc1OC. The average molecular weight is 274 g/mol. The monoisotopic (exact) mass is 274 g/mol. The Bertz CT molecular complexity index is 589. The summed E-state index contributed by atoms with van der Waals surface area (Å²) in [6.07, 6.45) is 1.71. The van der Waals surface area contributed by atoms with Crippen molar-refractivity contribution in [3.05, 3.63) is 47.5 Å². The number of nitrogens with two attached hydrogens (primary N) is 1. The highest BCUT2D eigenvalue weighted by Gasteiger charge is 2.16. The van der Waals surface area contributed by atoms with Crippen LogP contribution in [0.25, 0.3) is 0 Å². The molecule has 20 heavy (non-hydrogen) atoms. The highest BCUT2D eigenvalue weighted by molar-refractivity contribution is 5.45. The van der Waals surface area contributed by atoms with E-state index >= 15 is 0 Å². The van der Waals surface area contributed by atoms with Gasteiger partial charge in [-0.25, -0.2) is 15.4 Å². The second-order valence-corrected chi connectivity index (χ2v) is 4.24. The van der Waals surface area contributed by atoms with Gasteiger partial charge in [0.1, 0.15) is 5.82 Å². The standard InChI is InChI=1S/C14H18N4O2/c1-9-16-7-6-11(17-9)14(18-15)10-4-5-12(19-2)13(8-10)20-3/h4-8,14,18H,15H2,1-3H3. The van der Waals surface area contributed by atoms with Gasteiger partial charge in [0.25, 0.3) is 0 Å². The van der Waals surface area contributed by atoms with E-state index in [0.29, 0.717) is 17.3 Å². The Balaban J connectivity index is 2.41. The van der Waals surface area contributed by atoms with Crippen LogP contribution in [-0.2, 0) is 0 Å². The predicted octanol–water partition coefficient (Wildman–Crippen LogP) is 1.35. The number of ether oxygens (including phenoxy) is 2. The first-order chi connectivity index (χ1) is 9.69. The zero-order valence-electron chi connectivity index (χ0n) is 11.8. The van der Waals surface area contributed by atoms with E-state index in [2.05, 4.69) is 15.4 Å². The highest BCUT2D eigenvalue weighted by Crippen LogP contribution is 2.31. The smallest absolute Gasteiger partial charge is 0.161 e. The molecule has 0 fully saturated rings. The third kappa shape index (κ3) is 2.87. The summed E-state index contributed by atoms with van der Waals surface area (Å²) in [5.74, 6) is 7.69. The van der Waals surface area contributed by atoms with Crippen LogP contribution in [0.15, 0.2) is 30.5 Å². The summed E-state index contributed by atoms with van der Waals surface area (Å²) in [6.45, 7) is 1.84. The van der Waals surface area contributed by atoms with E-state index in [1.54, 1.807) is 20.4 Å². The minimum absolute atomic E-state index is 0.239. The predicted molar refractivity (Wildman–Crippen MR) is 75.5 cm³/mol. The molecule has 3 N–H and O–H groups in total. The molecule has 0 saturated carbocycles. The van der Waals surface area contributed by atoms with Gasteiger partial charge >= 0.3 is 0 Å². The molecule has 6 heteroatoms. The molecular weight excluding hydrogens is 256 g/mol. The van der Waals surface area contributed by atoms with E-state index in [4.69, 9.17) is 15.3 Å². The summed E-state index contributed by atoms with van der Waals surface area (Å²) >= 11 is 0. The van der Waals surface area contributed by atoms with Crippen molar-refractivity contribution in [3.63, 3.8) is 0 Å². The molecule has 0 aliphatic carbocycles. The van der Waals surface area contributed by atoms with E-state index < -0.39 is 0 Å². The van der Waals surface area contributed by atoms with Crippen LogP contribution in [0.5, 0.6) is 11.5 Å². The molecule has 0 radical (unpaired) electrons. The van der Waals surface area contributed by atoms with E-state index in [9.17, 15) is 0 Å². The lowest BCUT2D eigenvalue weighted by atomic mass is 10.0. The molecule has 0 aliphatic rings. The van der Waals surface area contributed by atoms with Gasteiger partial charge in [0.15, 0.2) is 11.5 Å². The van der Waals surface area contributed by atoms with Gasteiger partial charge in [-0.2, -0.15) is 0 Å². The number of hydrogen-bond donors (Lipinski definition) is 2. The maximum Gasteiger partial charge on any atom is 0.161 e. The molecule has 0 spiro atoms. The third-order valence-corrected chi connectivity index (χ3v) is 3.00. The summed E-state index contributed by atoms with van der Waals surface area (Å²) in [4.78, 5) is 8.48. The number of aryl methyl sites for hydroxylation is 1. The lowest BCUT2D eigenvalue weighted by molar-refractivity contribution is 0.354. The number of hydrazine groups is 1. The van der Waals surface area contributed by atoms with Crippen molar-refractivity contribution in [2.45, 2.75) is 13.0 Å². The van der Waals surface area contributed by atoms with Gasteiger partial charge in [0.2, 0.25) is 0 Å². The summed E-state index contributed by atoms with van der Waals surface area (Å²) in [6, 6.07) is 7.22. The zero-order chi connectivity index (χ0) is 14.5. The molecule has 0 aliphatic heterocycles. The first-order valence-corrected chi connectivity index (χ1v) is 6.17. The zero-order valence-corrected chi connectivity index (χ0v) is 11.8. The quantitative estimate of drug-likeness (QED) is 0.632. The van der Waals surface area contributed by atoms with Crippen molar-refractivity contribution in [2.75, 3.05) is 14.2 Å². The van der Waals surface area contributed by atoms with Gasteiger partial charge in [0.05, 0.1) is 26.0 Å². The maximum absolute atomic E-state index is 5.67. The van der Waals surface area contributed by atoms with Gasteiger partial charge < -0.3 is 9.47 Å². The number of aromatic nitrogens is 2. The van der Waals surface area contributed by atoms with Crippen molar-refractivity contribution in [1.82, 2.24) is 15.4 Å². The van der Waals surface area contributed by atoms with Crippen LogP contribution in [-0.4, -0.2) is 24.2 Å². The number of methoxy groups -OCH3 is 2. The second kappa shape index (κ2) is 6.31. The molecule has 2 aromatic rings. The van der Waals surface area contributed by atoms with Gasteiger partial charge in [0, 0.05) is 6.20 Å². The first kappa shape index (κ1) is 14.2. The lowest BCUT2D eigenvalue weighted by Crippen LogP contribution is -2.29. The fraction of sp³-hybridized carbons (Fsp3) is 0.286. The van der Waals surface area contributed by atoms with Crippen LogP contribution in [0.4, 0.5) is 0 Å². The van der Waals surface area contributed by atoms with Crippen LogP contribution in [0.1, 0.15) is 23.1 Å². The third-order valence-electron chi connectivity index (χ3n) is 3.00. The average Bonchev–Trinajstić information content (AvgIpc) is 2.48. The van der Waals surface area contributed by atoms with Gasteiger partial charge in [-0.15, -0.1) is 0 Å². The number of nitrogens with one attached hydrogen (secondary N) is 1. The van der Waals surface area contributed by atoms with Gasteiger partial charge in [-0.05, 0) is 30.7 Å². The van der Waals surface area contributed by atoms with Gasteiger partial charge in [-0.3, -0.25) is 5.84 Å². The summed E-state index contributed by atoms with van der Waals surface area (Å²) < 4.78 is 10.5. The molecule has 1 aromatic heterocycles. The van der Waals surface area contributed by atoms with Crippen molar-refractivity contribution < 1.29 is 9.47 Å². The molecule has 0 bridgehead atoms. The fourth-order valence-corrected chi connectivity index (χ4v) is 2.02. The van der Waals surface area contributed by atoms with E-state index in [1.165, 1.54) is 0 Å². The van der Waals surface area contributed by atoms with Crippen LogP contribution in [0.2, 0.25) is 0 Å². The number of nitrogens with zero attached hydrogens (tertiary/aromatic N) is 2. The summed E-state index contributed by atoms with van der Waals surface area (Å²) in [7, 11) is 3.20. The molecule has 106 valence electrons. The fourth-order valence-electron chi connectivity index (χ4n) is 2.02. The summed E-state index contributed by atoms with van der Waals surface area (Å²) in [5, 5.41) is 0. The maximum atomic E-state index is 5.67. The largest absolute Gasteiger partial charge is 0.493 e. The molecule has 0 amide bonds. The molecule has 1 heterocycles. The van der Waals surface area contributed by atoms with Crippen molar-refractivity contribution in [1.29, 1.82) is 0 Å². The highest BCUT2D eigenvalue weighted by atomic mass is 16.5. The van der Waals surface area contributed by atoms with Crippen molar-refractivity contribution in [3.8, 4) is 11.5 Å². The molecule has 1 aromatic carbocycles. The van der Waals surface area contributed by atoms with E-state index in [0.717, 1.165) is 11.3 Å². The minimum atomic E-state index is -0.239. The lowest BCUT2D eigenvalue weighted by Gasteiger charge is -2.18. The number of hydrogen-bond acceptors (Lipinski definition) is 6. The normalized spacial score (nSPS) is 12.0. The minimum Gasteiger partial charge on any atom is -0.493 e. The molecule has 1 atom stereocenters. The Morgan fingerprint density at radius 3 is 2.50 bits per heavy atom. The van der Waals surface area contributed by atoms with Crippen LogP contribution in [0.3, 0.4) is 0 Å². The molecule has 1 unspecified atom stereocenters. The summed E-state index contributed by atoms with van der Waals surface area (Å²) in [5.41, 5.74) is 4.50. The molecule has 2 rings (SSSR count). The second-order valence-electron chi connectivity index (χ2n) is 4.24. The van der Waals surface area contributed by atoms with Crippen molar-refractivity contribution >= 4 is 0 Å². The Kier molecular flexibility index (Phi) is 4.49. The van der Waals surface area contributed by atoms with Crippen LogP contribution < -0.4 is 20.7 Å². The Hall–Kier alpha value is -2.18. The number of rotatable bonds is 5.